The summed E-state index contributed by atoms with van der Waals surface area (Å²) >= 11 is 1.74. The number of thiazole rings is 1. The summed E-state index contributed by atoms with van der Waals surface area (Å²) in [4.78, 5) is 10.3. The number of aliphatic imine (C=N–C) groups is 1. The van der Waals surface area contributed by atoms with Gasteiger partial charge in [-0.1, -0.05) is 36.8 Å². The van der Waals surface area contributed by atoms with Crippen molar-refractivity contribution in [3.63, 3.8) is 0 Å². The molecule has 0 aliphatic rings. The molecule has 0 bridgehead atoms. The molecular weight excluding hydrogens is 304 g/mol. The van der Waals surface area contributed by atoms with Crippen LogP contribution >= 0.6 is 11.3 Å². The molecular formula is C18H26N4S. The van der Waals surface area contributed by atoms with Gasteiger partial charge in [0.1, 0.15) is 5.01 Å². The molecule has 0 aliphatic carbocycles. The van der Waals surface area contributed by atoms with Gasteiger partial charge >= 0.3 is 0 Å². The van der Waals surface area contributed by atoms with Crippen LogP contribution in [0.4, 0.5) is 0 Å². The Morgan fingerprint density at radius 2 is 1.96 bits per heavy atom. The highest BCUT2D eigenvalue weighted by Gasteiger charge is 2.02. The first-order chi connectivity index (χ1) is 11.2. The van der Waals surface area contributed by atoms with Crippen LogP contribution in [0.3, 0.4) is 0 Å². The number of hydrogen-bond acceptors (Lipinski definition) is 3. The molecule has 124 valence electrons. The van der Waals surface area contributed by atoms with E-state index in [1.807, 2.05) is 6.20 Å². The SMILES string of the molecule is CCNC(=NCc1ncc(CC)s1)NCCc1ccc(C)cc1. The van der Waals surface area contributed by atoms with Crippen molar-refractivity contribution in [3.8, 4) is 0 Å². The van der Waals surface area contributed by atoms with Crippen molar-refractivity contribution in [1.29, 1.82) is 0 Å². The van der Waals surface area contributed by atoms with Crippen molar-refractivity contribution < 1.29 is 0 Å². The second-order valence-corrected chi connectivity index (χ2v) is 6.63. The Balaban J connectivity index is 1.84. The second-order valence-electron chi connectivity index (χ2n) is 5.43. The summed E-state index contributed by atoms with van der Waals surface area (Å²) in [5.41, 5.74) is 2.64. The van der Waals surface area contributed by atoms with E-state index < -0.39 is 0 Å². The zero-order valence-electron chi connectivity index (χ0n) is 14.2. The van der Waals surface area contributed by atoms with E-state index in [1.165, 1.54) is 16.0 Å². The molecule has 0 unspecified atom stereocenters. The zero-order chi connectivity index (χ0) is 16.5. The van der Waals surface area contributed by atoms with Gasteiger partial charge in [0.05, 0.1) is 6.54 Å². The lowest BCUT2D eigenvalue weighted by molar-refractivity contribution is 0.799. The monoisotopic (exact) mass is 330 g/mol. The molecule has 0 amide bonds. The Morgan fingerprint density at radius 3 is 2.61 bits per heavy atom. The molecule has 1 heterocycles. The summed E-state index contributed by atoms with van der Waals surface area (Å²) < 4.78 is 0. The van der Waals surface area contributed by atoms with Crippen LogP contribution in [0.25, 0.3) is 0 Å². The van der Waals surface area contributed by atoms with Gasteiger partial charge in [-0.15, -0.1) is 11.3 Å². The van der Waals surface area contributed by atoms with Crippen LogP contribution in [0, 0.1) is 6.92 Å². The fourth-order valence-corrected chi connectivity index (χ4v) is 2.94. The molecule has 0 spiro atoms. The van der Waals surface area contributed by atoms with E-state index >= 15 is 0 Å². The molecule has 0 radical (unpaired) electrons. The topological polar surface area (TPSA) is 49.3 Å². The highest BCUT2D eigenvalue weighted by Crippen LogP contribution is 2.13. The van der Waals surface area contributed by atoms with Crippen LogP contribution in [0.1, 0.15) is 34.9 Å². The fraction of sp³-hybridized carbons (Fsp3) is 0.444. The largest absolute Gasteiger partial charge is 0.357 e. The van der Waals surface area contributed by atoms with Crippen LogP contribution in [-0.4, -0.2) is 24.0 Å². The first-order valence-electron chi connectivity index (χ1n) is 8.22. The minimum absolute atomic E-state index is 0.629. The van der Waals surface area contributed by atoms with Crippen molar-refractivity contribution in [1.82, 2.24) is 15.6 Å². The Hall–Kier alpha value is -1.88. The molecule has 4 nitrogen and oxygen atoms in total. The number of nitrogens with one attached hydrogen (secondary N) is 2. The maximum atomic E-state index is 4.62. The summed E-state index contributed by atoms with van der Waals surface area (Å²) in [6.45, 7) is 8.69. The van der Waals surface area contributed by atoms with Crippen LogP contribution < -0.4 is 10.6 Å². The number of nitrogens with zero attached hydrogens (tertiary/aromatic N) is 2. The lowest BCUT2D eigenvalue weighted by atomic mass is 10.1. The standard InChI is InChI=1S/C18H26N4S/c1-4-16-12-21-17(23-16)13-22-18(19-5-2)20-11-10-15-8-6-14(3)7-9-15/h6-9,12H,4-5,10-11,13H2,1-3H3,(H2,19,20,22). The lowest BCUT2D eigenvalue weighted by Crippen LogP contribution is -2.38. The number of aryl methyl sites for hydroxylation is 2. The van der Waals surface area contributed by atoms with E-state index in [0.717, 1.165) is 36.9 Å². The van der Waals surface area contributed by atoms with E-state index in [1.54, 1.807) is 11.3 Å². The molecule has 2 aromatic rings. The van der Waals surface area contributed by atoms with Crippen LogP contribution in [0.2, 0.25) is 0 Å². The number of guanidine groups is 1. The molecule has 0 saturated heterocycles. The average molecular weight is 331 g/mol. The van der Waals surface area contributed by atoms with Gasteiger partial charge in [-0.25, -0.2) is 9.98 Å². The van der Waals surface area contributed by atoms with Crippen molar-refractivity contribution in [3.05, 3.63) is 51.5 Å². The van der Waals surface area contributed by atoms with Gasteiger partial charge in [-0.2, -0.15) is 0 Å². The van der Waals surface area contributed by atoms with Gasteiger partial charge < -0.3 is 10.6 Å². The van der Waals surface area contributed by atoms with E-state index in [0.29, 0.717) is 6.54 Å². The third-order valence-corrected chi connectivity index (χ3v) is 4.62. The van der Waals surface area contributed by atoms with Gasteiger partial charge in [0.25, 0.3) is 0 Å². The summed E-state index contributed by atoms with van der Waals surface area (Å²) in [5.74, 6) is 0.855. The van der Waals surface area contributed by atoms with Gasteiger partial charge in [0, 0.05) is 24.2 Å². The van der Waals surface area contributed by atoms with Crippen molar-refractivity contribution >= 4 is 17.3 Å². The highest BCUT2D eigenvalue weighted by atomic mass is 32.1. The Labute approximate surface area is 143 Å². The van der Waals surface area contributed by atoms with Crippen molar-refractivity contribution in [2.45, 2.75) is 40.2 Å². The van der Waals surface area contributed by atoms with E-state index in [9.17, 15) is 0 Å². The molecule has 2 N–H and O–H groups in total. The van der Waals surface area contributed by atoms with Crippen LogP contribution in [0.5, 0.6) is 0 Å². The maximum Gasteiger partial charge on any atom is 0.191 e. The Morgan fingerprint density at radius 1 is 1.17 bits per heavy atom. The quantitative estimate of drug-likeness (QED) is 0.605. The molecule has 1 aromatic carbocycles. The van der Waals surface area contributed by atoms with Gasteiger partial charge in [-0.3, -0.25) is 0 Å². The van der Waals surface area contributed by atoms with Crippen LogP contribution in [-0.2, 0) is 19.4 Å². The molecule has 23 heavy (non-hydrogen) atoms. The molecule has 0 aliphatic heterocycles. The van der Waals surface area contributed by atoms with E-state index in [4.69, 9.17) is 0 Å². The molecule has 0 atom stereocenters. The Bertz CT molecular complexity index is 616. The highest BCUT2D eigenvalue weighted by molar-refractivity contribution is 7.11. The molecule has 0 fully saturated rings. The van der Waals surface area contributed by atoms with E-state index in [2.05, 4.69) is 65.6 Å². The second kappa shape index (κ2) is 9.30. The van der Waals surface area contributed by atoms with Gasteiger partial charge in [0.2, 0.25) is 0 Å². The maximum absolute atomic E-state index is 4.62. The number of rotatable bonds is 7. The number of benzene rings is 1. The summed E-state index contributed by atoms with van der Waals surface area (Å²) in [7, 11) is 0. The molecule has 1 aromatic heterocycles. The van der Waals surface area contributed by atoms with E-state index in [-0.39, 0.29) is 0 Å². The van der Waals surface area contributed by atoms with Crippen molar-refractivity contribution in [2.75, 3.05) is 13.1 Å². The van der Waals surface area contributed by atoms with Crippen molar-refractivity contribution in [2.24, 2.45) is 4.99 Å². The zero-order valence-corrected chi connectivity index (χ0v) is 15.0. The third-order valence-electron chi connectivity index (χ3n) is 3.49. The first kappa shape index (κ1) is 17.5. The number of aromatic nitrogens is 1. The Kier molecular flexibility index (Phi) is 7.07. The normalized spacial score (nSPS) is 11.5. The molecule has 5 heteroatoms. The predicted molar refractivity (Wildman–Crippen MR) is 99.2 cm³/mol. The summed E-state index contributed by atoms with van der Waals surface area (Å²) in [6.07, 6.45) is 3.98. The minimum Gasteiger partial charge on any atom is -0.357 e. The predicted octanol–water partition coefficient (Wildman–Crippen LogP) is 3.31. The van der Waals surface area contributed by atoms with Crippen LogP contribution in [0.15, 0.2) is 35.5 Å². The smallest absolute Gasteiger partial charge is 0.191 e. The summed E-state index contributed by atoms with van der Waals surface area (Å²) in [5, 5.41) is 7.74. The fourth-order valence-electron chi connectivity index (χ4n) is 2.15. The molecule has 0 saturated carbocycles. The number of hydrogen-bond donors (Lipinski definition) is 2. The average Bonchev–Trinajstić information content (AvgIpc) is 3.02. The minimum atomic E-state index is 0.629. The third kappa shape index (κ3) is 6.02. The molecule has 2 rings (SSSR count). The lowest BCUT2D eigenvalue weighted by Gasteiger charge is -2.11. The van der Waals surface area contributed by atoms with Gasteiger partial charge in [-0.05, 0) is 32.3 Å². The van der Waals surface area contributed by atoms with Gasteiger partial charge in [0.15, 0.2) is 5.96 Å². The summed E-state index contributed by atoms with van der Waals surface area (Å²) in [6, 6.07) is 8.68. The first-order valence-corrected chi connectivity index (χ1v) is 9.04.